The maximum absolute atomic E-state index is 14.3. The Balaban J connectivity index is 1.59. The van der Waals surface area contributed by atoms with Gasteiger partial charge in [0.15, 0.2) is 5.96 Å². The molecule has 1 unspecified atom stereocenters. The summed E-state index contributed by atoms with van der Waals surface area (Å²) in [5, 5.41) is 7.38. The Bertz CT molecular complexity index is 812. The molecule has 28 heavy (non-hydrogen) atoms. The van der Waals surface area contributed by atoms with Gasteiger partial charge in [-0.2, -0.15) is 5.10 Å². The Kier molecular flexibility index (Phi) is 6.56. The van der Waals surface area contributed by atoms with E-state index in [1.54, 1.807) is 17.8 Å². The van der Waals surface area contributed by atoms with Crippen LogP contribution in [0, 0.1) is 11.6 Å². The normalized spacial score (nSPS) is 17.0. The van der Waals surface area contributed by atoms with E-state index in [9.17, 15) is 8.78 Å². The third kappa shape index (κ3) is 4.46. The molecule has 7 nitrogen and oxygen atoms in total. The van der Waals surface area contributed by atoms with Crippen LogP contribution in [0.4, 0.5) is 8.78 Å². The third-order valence-corrected chi connectivity index (χ3v) is 5.18. The summed E-state index contributed by atoms with van der Waals surface area (Å²) in [5.74, 6) is 0.621. The van der Waals surface area contributed by atoms with E-state index in [1.165, 1.54) is 12.4 Å². The van der Waals surface area contributed by atoms with Crippen molar-refractivity contribution in [2.24, 2.45) is 12.0 Å². The lowest BCUT2D eigenvalue weighted by atomic mass is 10.0. The van der Waals surface area contributed by atoms with Crippen LogP contribution in [0.1, 0.15) is 30.8 Å². The van der Waals surface area contributed by atoms with Crippen LogP contribution in [0.5, 0.6) is 0 Å². The van der Waals surface area contributed by atoms with Crippen LogP contribution in [-0.2, 0) is 13.6 Å². The van der Waals surface area contributed by atoms with Crippen molar-refractivity contribution in [3.8, 4) is 0 Å². The second-order valence-electron chi connectivity index (χ2n) is 6.81. The fourth-order valence-corrected chi connectivity index (χ4v) is 3.66. The maximum Gasteiger partial charge on any atom is 0.194 e. The van der Waals surface area contributed by atoms with Crippen molar-refractivity contribution in [1.29, 1.82) is 0 Å². The highest BCUT2D eigenvalue weighted by Crippen LogP contribution is 2.28. The molecule has 152 valence electrons. The van der Waals surface area contributed by atoms with Crippen LogP contribution in [0.15, 0.2) is 29.5 Å². The second kappa shape index (κ2) is 9.09. The summed E-state index contributed by atoms with van der Waals surface area (Å²) in [7, 11) is 3.61. The molecule has 0 aliphatic carbocycles. The molecule has 0 radical (unpaired) electrons. The molecule has 1 saturated heterocycles. The van der Waals surface area contributed by atoms with Gasteiger partial charge in [0.25, 0.3) is 0 Å². The molecule has 2 heterocycles. The summed E-state index contributed by atoms with van der Waals surface area (Å²) < 4.78 is 29.2. The fraction of sp³-hybridized carbons (Fsp3) is 0.526. The van der Waals surface area contributed by atoms with Gasteiger partial charge in [-0.05, 0) is 12.5 Å². The van der Waals surface area contributed by atoms with E-state index in [0.717, 1.165) is 50.5 Å². The van der Waals surface area contributed by atoms with Crippen molar-refractivity contribution in [1.82, 2.24) is 29.9 Å². The van der Waals surface area contributed by atoms with E-state index >= 15 is 0 Å². The first-order valence-electron chi connectivity index (χ1n) is 9.51. The molecule has 0 bridgehead atoms. The number of guanidine groups is 1. The molecule has 0 saturated carbocycles. The monoisotopic (exact) mass is 391 g/mol. The average molecular weight is 391 g/mol. The highest BCUT2D eigenvalue weighted by molar-refractivity contribution is 5.79. The highest BCUT2D eigenvalue weighted by atomic mass is 19.1. The van der Waals surface area contributed by atoms with Crippen molar-refractivity contribution in [3.05, 3.63) is 47.5 Å². The number of aryl methyl sites for hydroxylation is 1. The first kappa shape index (κ1) is 20.2. The predicted octanol–water partition coefficient (Wildman–Crippen LogP) is 1.94. The van der Waals surface area contributed by atoms with Crippen molar-refractivity contribution in [2.75, 3.05) is 33.2 Å². The number of hydrogen-bond donors (Lipinski definition) is 1. The van der Waals surface area contributed by atoms with Crippen LogP contribution in [0.3, 0.4) is 0 Å². The van der Waals surface area contributed by atoms with Crippen LogP contribution >= 0.6 is 0 Å². The molecular weight excluding hydrogens is 364 g/mol. The van der Waals surface area contributed by atoms with Crippen LogP contribution in [0.25, 0.3) is 0 Å². The number of benzene rings is 1. The molecule has 1 aliphatic heterocycles. The van der Waals surface area contributed by atoms with Crippen LogP contribution in [0.2, 0.25) is 0 Å². The van der Waals surface area contributed by atoms with Gasteiger partial charge in [0.1, 0.15) is 23.8 Å². The van der Waals surface area contributed by atoms with Gasteiger partial charge in [0.05, 0.1) is 6.54 Å². The molecule has 9 heteroatoms. The number of aromatic nitrogens is 3. The number of rotatable bonds is 5. The molecule has 3 rings (SSSR count). The number of aliphatic imine (C=N–C) groups is 1. The second-order valence-corrected chi connectivity index (χ2v) is 6.81. The van der Waals surface area contributed by atoms with Gasteiger partial charge in [-0.3, -0.25) is 14.6 Å². The smallest absolute Gasteiger partial charge is 0.194 e. The van der Waals surface area contributed by atoms with Crippen molar-refractivity contribution >= 4 is 5.96 Å². The summed E-state index contributed by atoms with van der Waals surface area (Å²) in [4.78, 5) is 13.0. The zero-order valence-electron chi connectivity index (χ0n) is 16.6. The van der Waals surface area contributed by atoms with Gasteiger partial charge in [0, 0.05) is 57.9 Å². The molecule has 1 atom stereocenters. The van der Waals surface area contributed by atoms with E-state index in [2.05, 4.69) is 30.2 Å². The quantitative estimate of drug-likeness (QED) is 0.624. The topological polar surface area (TPSA) is 61.6 Å². The summed E-state index contributed by atoms with van der Waals surface area (Å²) in [6.07, 6.45) is 2.29. The number of piperazine rings is 1. The van der Waals surface area contributed by atoms with Gasteiger partial charge in [0.2, 0.25) is 0 Å². The predicted molar refractivity (Wildman–Crippen MR) is 104 cm³/mol. The number of halogens is 2. The summed E-state index contributed by atoms with van der Waals surface area (Å²) >= 11 is 0. The van der Waals surface area contributed by atoms with E-state index in [-0.39, 0.29) is 6.04 Å². The zero-order chi connectivity index (χ0) is 20.1. The highest BCUT2D eigenvalue weighted by Gasteiger charge is 2.27. The summed E-state index contributed by atoms with van der Waals surface area (Å²) in [5.41, 5.74) is 0.558. The first-order valence-corrected chi connectivity index (χ1v) is 9.51. The minimum Gasteiger partial charge on any atom is -0.349 e. The minimum atomic E-state index is -0.543. The van der Waals surface area contributed by atoms with E-state index in [0.29, 0.717) is 12.1 Å². The SMILES string of the molecule is CCC(c1ccc(F)cc1F)N1CCN(C(=NC)NCc2ncnn2C)CC1. The van der Waals surface area contributed by atoms with Gasteiger partial charge in [-0.25, -0.2) is 13.8 Å². The van der Waals surface area contributed by atoms with Crippen molar-refractivity contribution < 1.29 is 8.78 Å². The van der Waals surface area contributed by atoms with Gasteiger partial charge < -0.3 is 10.2 Å². The Morgan fingerprint density at radius 1 is 1.25 bits per heavy atom. The summed E-state index contributed by atoms with van der Waals surface area (Å²) in [6, 6.07) is 3.80. The zero-order valence-corrected chi connectivity index (χ0v) is 16.6. The minimum absolute atomic E-state index is 0.0589. The summed E-state index contributed by atoms with van der Waals surface area (Å²) in [6.45, 7) is 5.68. The van der Waals surface area contributed by atoms with E-state index in [1.807, 2.05) is 14.0 Å². The molecule has 1 aromatic carbocycles. The van der Waals surface area contributed by atoms with Crippen molar-refractivity contribution in [2.45, 2.75) is 25.9 Å². The van der Waals surface area contributed by atoms with Gasteiger partial charge in [-0.1, -0.05) is 13.0 Å². The Morgan fingerprint density at radius 3 is 2.57 bits per heavy atom. The Labute approximate surface area is 164 Å². The number of hydrogen-bond acceptors (Lipinski definition) is 4. The van der Waals surface area contributed by atoms with E-state index < -0.39 is 11.6 Å². The lowest BCUT2D eigenvalue weighted by Crippen LogP contribution is -2.53. The molecular formula is C19H27F2N7. The lowest BCUT2D eigenvalue weighted by Gasteiger charge is -2.40. The molecule has 1 aliphatic rings. The van der Waals surface area contributed by atoms with E-state index in [4.69, 9.17) is 0 Å². The van der Waals surface area contributed by atoms with Gasteiger partial charge in [-0.15, -0.1) is 0 Å². The van der Waals surface area contributed by atoms with Crippen molar-refractivity contribution in [3.63, 3.8) is 0 Å². The van der Waals surface area contributed by atoms with Crippen LogP contribution < -0.4 is 5.32 Å². The lowest BCUT2D eigenvalue weighted by molar-refractivity contribution is 0.124. The fourth-order valence-electron chi connectivity index (χ4n) is 3.66. The standard InChI is InChI=1S/C19H27F2N7/c1-4-17(15-6-5-14(20)11-16(15)21)27-7-9-28(10-8-27)19(22-2)23-12-18-24-13-25-26(18)3/h5-6,11,13,17H,4,7-10,12H2,1-3H3,(H,22,23). The first-order chi connectivity index (χ1) is 13.5. The number of nitrogens with zero attached hydrogens (tertiary/aromatic N) is 6. The largest absolute Gasteiger partial charge is 0.349 e. The molecule has 0 spiro atoms. The molecule has 0 amide bonds. The average Bonchev–Trinajstić information content (AvgIpc) is 3.10. The molecule has 1 aromatic heterocycles. The van der Waals surface area contributed by atoms with Crippen LogP contribution in [-0.4, -0.2) is 63.8 Å². The number of nitrogens with one attached hydrogen (secondary N) is 1. The molecule has 1 fully saturated rings. The Hall–Kier alpha value is -2.55. The third-order valence-electron chi connectivity index (χ3n) is 5.18. The molecule has 2 aromatic rings. The Morgan fingerprint density at radius 2 is 2.00 bits per heavy atom. The van der Waals surface area contributed by atoms with Gasteiger partial charge >= 0.3 is 0 Å². The molecule has 1 N–H and O–H groups in total. The maximum atomic E-state index is 14.3.